The topological polar surface area (TPSA) is 80.0 Å². The number of nitrogens with zero attached hydrogens (tertiary/aromatic N) is 2. The Balaban J connectivity index is 1.63. The smallest absolute Gasteiger partial charge is 0.237 e. The lowest BCUT2D eigenvalue weighted by molar-refractivity contribution is -0.124. The number of carbonyl (C=O) groups excluding carboxylic acids is 1. The predicted molar refractivity (Wildman–Crippen MR) is 69.9 cm³/mol. The van der Waals surface area contributed by atoms with Gasteiger partial charge < -0.3 is 15.2 Å². The SMILES string of the molecule is O=C1NCCNC1Cc1nc(Cc2cccs2)no1. The van der Waals surface area contributed by atoms with Gasteiger partial charge in [-0.3, -0.25) is 4.79 Å². The van der Waals surface area contributed by atoms with Crippen molar-refractivity contribution in [1.29, 1.82) is 0 Å². The highest BCUT2D eigenvalue weighted by Crippen LogP contribution is 2.13. The number of nitrogens with one attached hydrogen (secondary N) is 2. The first-order chi connectivity index (χ1) is 9.31. The van der Waals surface area contributed by atoms with E-state index >= 15 is 0 Å². The third kappa shape index (κ3) is 2.99. The van der Waals surface area contributed by atoms with Crippen LogP contribution in [0.3, 0.4) is 0 Å². The molecule has 1 aliphatic rings. The Hall–Kier alpha value is -1.73. The average molecular weight is 278 g/mol. The van der Waals surface area contributed by atoms with Crippen LogP contribution in [0.4, 0.5) is 0 Å². The van der Waals surface area contributed by atoms with Crippen molar-refractivity contribution in [2.45, 2.75) is 18.9 Å². The van der Waals surface area contributed by atoms with E-state index in [0.717, 1.165) is 6.54 Å². The molecule has 1 aliphatic heterocycles. The standard InChI is InChI=1S/C12H14N4O2S/c17-12-9(13-3-4-14-12)7-11-15-10(16-18-11)6-8-2-1-5-19-8/h1-2,5,9,13H,3-4,6-7H2,(H,14,17). The molecule has 7 heteroatoms. The number of amides is 1. The maximum absolute atomic E-state index is 11.6. The van der Waals surface area contributed by atoms with Gasteiger partial charge in [-0.1, -0.05) is 11.2 Å². The summed E-state index contributed by atoms with van der Waals surface area (Å²) < 4.78 is 5.19. The fourth-order valence-electron chi connectivity index (χ4n) is 2.00. The highest BCUT2D eigenvalue weighted by molar-refractivity contribution is 7.09. The molecule has 3 rings (SSSR count). The number of rotatable bonds is 4. The molecular formula is C12H14N4O2S. The van der Waals surface area contributed by atoms with Gasteiger partial charge in [0.1, 0.15) is 0 Å². The van der Waals surface area contributed by atoms with Gasteiger partial charge in [-0.25, -0.2) is 0 Å². The Kier molecular flexibility index (Phi) is 3.56. The number of thiophene rings is 1. The van der Waals surface area contributed by atoms with E-state index in [4.69, 9.17) is 4.52 Å². The molecule has 19 heavy (non-hydrogen) atoms. The lowest BCUT2D eigenvalue weighted by atomic mass is 10.1. The number of carbonyl (C=O) groups is 1. The van der Waals surface area contributed by atoms with Gasteiger partial charge in [0.15, 0.2) is 5.82 Å². The van der Waals surface area contributed by atoms with Crippen LogP contribution in [0.1, 0.15) is 16.6 Å². The molecule has 1 saturated heterocycles. The van der Waals surface area contributed by atoms with E-state index in [2.05, 4.69) is 20.8 Å². The number of aromatic nitrogens is 2. The Morgan fingerprint density at radius 3 is 3.21 bits per heavy atom. The van der Waals surface area contributed by atoms with E-state index in [1.165, 1.54) is 4.88 Å². The van der Waals surface area contributed by atoms with Crippen LogP contribution in [-0.4, -0.2) is 35.2 Å². The quantitative estimate of drug-likeness (QED) is 0.843. The molecule has 3 heterocycles. The van der Waals surface area contributed by atoms with E-state index in [9.17, 15) is 4.79 Å². The van der Waals surface area contributed by atoms with Crippen molar-refractivity contribution in [2.75, 3.05) is 13.1 Å². The molecule has 1 fully saturated rings. The van der Waals surface area contributed by atoms with Crippen LogP contribution < -0.4 is 10.6 Å². The van der Waals surface area contributed by atoms with Crippen LogP contribution in [0.5, 0.6) is 0 Å². The molecule has 2 N–H and O–H groups in total. The molecule has 1 atom stereocenters. The van der Waals surface area contributed by atoms with E-state index in [1.807, 2.05) is 17.5 Å². The monoisotopic (exact) mass is 278 g/mol. The highest BCUT2D eigenvalue weighted by Gasteiger charge is 2.24. The molecule has 1 amide bonds. The number of hydrogen-bond acceptors (Lipinski definition) is 6. The van der Waals surface area contributed by atoms with E-state index in [0.29, 0.717) is 31.1 Å². The first kappa shape index (κ1) is 12.3. The van der Waals surface area contributed by atoms with Crippen LogP contribution in [0.25, 0.3) is 0 Å². The summed E-state index contributed by atoms with van der Waals surface area (Å²) >= 11 is 1.66. The van der Waals surface area contributed by atoms with Gasteiger partial charge >= 0.3 is 0 Å². The molecular weight excluding hydrogens is 264 g/mol. The second-order valence-electron chi connectivity index (χ2n) is 4.36. The van der Waals surface area contributed by atoms with Crippen molar-refractivity contribution < 1.29 is 9.32 Å². The van der Waals surface area contributed by atoms with Gasteiger partial charge in [-0.2, -0.15) is 4.98 Å². The summed E-state index contributed by atoms with van der Waals surface area (Å²) in [6.07, 6.45) is 1.11. The van der Waals surface area contributed by atoms with Gasteiger partial charge in [0.25, 0.3) is 0 Å². The van der Waals surface area contributed by atoms with Crippen LogP contribution in [0, 0.1) is 0 Å². The normalized spacial score (nSPS) is 19.4. The summed E-state index contributed by atoms with van der Waals surface area (Å²) in [6.45, 7) is 1.44. The van der Waals surface area contributed by atoms with Crippen LogP contribution >= 0.6 is 11.3 Å². The fourth-order valence-corrected chi connectivity index (χ4v) is 2.70. The van der Waals surface area contributed by atoms with Gasteiger partial charge in [-0.05, 0) is 11.4 Å². The lowest BCUT2D eigenvalue weighted by Crippen LogP contribution is -2.53. The molecule has 0 aromatic carbocycles. The second-order valence-corrected chi connectivity index (χ2v) is 5.39. The molecule has 0 aliphatic carbocycles. The van der Waals surface area contributed by atoms with Gasteiger partial charge in [0, 0.05) is 24.4 Å². The Morgan fingerprint density at radius 1 is 1.47 bits per heavy atom. The molecule has 2 aromatic heterocycles. The molecule has 2 aromatic rings. The zero-order chi connectivity index (χ0) is 13.1. The van der Waals surface area contributed by atoms with Crippen LogP contribution in [-0.2, 0) is 17.6 Å². The van der Waals surface area contributed by atoms with Crippen molar-refractivity contribution in [3.63, 3.8) is 0 Å². The molecule has 6 nitrogen and oxygen atoms in total. The number of hydrogen-bond donors (Lipinski definition) is 2. The first-order valence-corrected chi connectivity index (χ1v) is 7.04. The molecule has 0 spiro atoms. The minimum Gasteiger partial charge on any atom is -0.353 e. The Morgan fingerprint density at radius 2 is 2.42 bits per heavy atom. The summed E-state index contributed by atoms with van der Waals surface area (Å²) in [5.74, 6) is 1.15. The predicted octanol–water partition coefficient (Wildman–Crippen LogP) is 0.352. The van der Waals surface area contributed by atoms with Gasteiger partial charge in [-0.15, -0.1) is 11.3 Å². The first-order valence-electron chi connectivity index (χ1n) is 6.16. The van der Waals surface area contributed by atoms with Crippen LogP contribution in [0.15, 0.2) is 22.0 Å². The van der Waals surface area contributed by atoms with Crippen molar-refractivity contribution in [2.24, 2.45) is 0 Å². The Labute approximate surface area is 114 Å². The number of piperazine rings is 1. The van der Waals surface area contributed by atoms with Crippen molar-refractivity contribution in [3.8, 4) is 0 Å². The highest BCUT2D eigenvalue weighted by atomic mass is 32.1. The summed E-state index contributed by atoms with van der Waals surface area (Å²) in [4.78, 5) is 17.1. The molecule has 1 unspecified atom stereocenters. The molecule has 0 saturated carbocycles. The summed E-state index contributed by atoms with van der Waals surface area (Å²) in [5.41, 5.74) is 0. The second kappa shape index (κ2) is 5.50. The van der Waals surface area contributed by atoms with Crippen molar-refractivity contribution in [1.82, 2.24) is 20.8 Å². The van der Waals surface area contributed by atoms with Gasteiger partial charge in [0.05, 0.1) is 12.5 Å². The summed E-state index contributed by atoms with van der Waals surface area (Å²) in [7, 11) is 0. The zero-order valence-electron chi connectivity index (χ0n) is 10.3. The zero-order valence-corrected chi connectivity index (χ0v) is 11.1. The molecule has 0 bridgehead atoms. The van der Waals surface area contributed by atoms with E-state index in [-0.39, 0.29) is 11.9 Å². The Bertz CT molecular complexity index is 552. The minimum atomic E-state index is -0.274. The largest absolute Gasteiger partial charge is 0.353 e. The average Bonchev–Trinajstić information content (AvgIpc) is 3.05. The minimum absolute atomic E-state index is 0.00995. The molecule has 100 valence electrons. The third-order valence-electron chi connectivity index (χ3n) is 2.93. The van der Waals surface area contributed by atoms with E-state index < -0.39 is 0 Å². The van der Waals surface area contributed by atoms with Crippen molar-refractivity contribution >= 4 is 17.2 Å². The van der Waals surface area contributed by atoms with E-state index in [1.54, 1.807) is 11.3 Å². The third-order valence-corrected chi connectivity index (χ3v) is 3.81. The van der Waals surface area contributed by atoms with Crippen LogP contribution in [0.2, 0.25) is 0 Å². The van der Waals surface area contributed by atoms with Crippen molar-refractivity contribution in [3.05, 3.63) is 34.1 Å². The van der Waals surface area contributed by atoms with Gasteiger partial charge in [0.2, 0.25) is 11.8 Å². The fraction of sp³-hybridized carbons (Fsp3) is 0.417. The lowest BCUT2D eigenvalue weighted by Gasteiger charge is -2.21. The maximum atomic E-state index is 11.6. The summed E-state index contributed by atoms with van der Waals surface area (Å²) in [5, 5.41) is 11.9. The maximum Gasteiger partial charge on any atom is 0.237 e. The summed E-state index contributed by atoms with van der Waals surface area (Å²) in [6, 6.07) is 3.76. The molecule has 0 radical (unpaired) electrons.